The van der Waals surface area contributed by atoms with E-state index >= 15 is 0 Å². The van der Waals surface area contributed by atoms with Gasteiger partial charge in [-0.15, -0.1) is 0 Å². The number of nitrogens with zero attached hydrogens (tertiary/aromatic N) is 2. The van der Waals surface area contributed by atoms with Gasteiger partial charge in [0.2, 0.25) is 5.91 Å². The van der Waals surface area contributed by atoms with Gasteiger partial charge in [0.25, 0.3) is 0 Å². The highest BCUT2D eigenvalue weighted by Gasteiger charge is 2.32. The molecular formula is C12H17F3N2O. The Morgan fingerprint density at radius 2 is 1.78 bits per heavy atom. The van der Waals surface area contributed by atoms with Crippen LogP contribution in [0.15, 0.2) is 24.3 Å². The smallest absolute Gasteiger partial charge is 0.337 e. The van der Waals surface area contributed by atoms with Crippen molar-refractivity contribution in [3.05, 3.63) is 24.3 Å². The number of piperazine rings is 1. The van der Waals surface area contributed by atoms with Crippen molar-refractivity contribution in [1.29, 1.82) is 0 Å². The zero-order valence-electron chi connectivity index (χ0n) is 10.3. The molecule has 0 aromatic rings. The fraction of sp³-hybridized carbons (Fsp3) is 0.583. The number of carbonyl (C=O) groups excluding carboxylic acids is 1. The van der Waals surface area contributed by atoms with Crippen LogP contribution in [0, 0.1) is 0 Å². The van der Waals surface area contributed by atoms with E-state index < -0.39 is 12.7 Å². The van der Waals surface area contributed by atoms with E-state index in [9.17, 15) is 18.0 Å². The Morgan fingerprint density at radius 3 is 2.28 bits per heavy atom. The van der Waals surface area contributed by atoms with E-state index in [0.717, 1.165) is 0 Å². The lowest BCUT2D eigenvalue weighted by Gasteiger charge is -2.34. The zero-order valence-corrected chi connectivity index (χ0v) is 10.3. The van der Waals surface area contributed by atoms with E-state index in [1.807, 2.05) is 6.92 Å². The topological polar surface area (TPSA) is 23.6 Å². The van der Waals surface area contributed by atoms with E-state index in [0.29, 0.717) is 13.1 Å². The van der Waals surface area contributed by atoms with Crippen molar-refractivity contribution in [1.82, 2.24) is 9.80 Å². The van der Waals surface area contributed by atoms with Crippen molar-refractivity contribution in [2.75, 3.05) is 32.7 Å². The monoisotopic (exact) mass is 262 g/mol. The molecule has 0 saturated carbocycles. The largest absolute Gasteiger partial charge is 0.401 e. The van der Waals surface area contributed by atoms with Crippen LogP contribution in [0.1, 0.15) is 6.92 Å². The van der Waals surface area contributed by atoms with Gasteiger partial charge in [0.05, 0.1) is 6.54 Å². The number of halogens is 3. The van der Waals surface area contributed by atoms with Gasteiger partial charge in [0, 0.05) is 32.3 Å². The molecule has 1 amide bonds. The van der Waals surface area contributed by atoms with Crippen LogP contribution < -0.4 is 0 Å². The highest BCUT2D eigenvalue weighted by molar-refractivity contribution is 5.87. The van der Waals surface area contributed by atoms with E-state index in [4.69, 9.17) is 0 Å². The first-order chi connectivity index (χ1) is 8.42. The second kappa shape index (κ2) is 6.58. The van der Waals surface area contributed by atoms with Gasteiger partial charge >= 0.3 is 6.18 Å². The molecule has 1 aliphatic heterocycles. The van der Waals surface area contributed by atoms with Crippen molar-refractivity contribution in [2.24, 2.45) is 0 Å². The lowest BCUT2D eigenvalue weighted by atomic mass is 10.3. The molecule has 3 nitrogen and oxygen atoms in total. The predicted octanol–water partition coefficient (Wildman–Crippen LogP) is 1.83. The summed E-state index contributed by atoms with van der Waals surface area (Å²) in [7, 11) is 0. The molecule has 0 aliphatic carbocycles. The Labute approximate surface area is 105 Å². The van der Waals surface area contributed by atoms with E-state index in [2.05, 4.69) is 0 Å². The summed E-state index contributed by atoms with van der Waals surface area (Å²) in [5, 5.41) is 0. The number of carbonyl (C=O) groups is 1. The molecule has 1 saturated heterocycles. The third-order valence-electron chi connectivity index (χ3n) is 2.63. The molecule has 1 heterocycles. The lowest BCUT2D eigenvalue weighted by Crippen LogP contribution is -2.50. The second-order valence-corrected chi connectivity index (χ2v) is 4.10. The van der Waals surface area contributed by atoms with Gasteiger partial charge in [-0.25, -0.2) is 0 Å². The molecule has 6 heteroatoms. The number of allylic oxidation sites excluding steroid dienone is 3. The first-order valence-electron chi connectivity index (χ1n) is 5.80. The molecule has 0 aromatic heterocycles. The summed E-state index contributed by atoms with van der Waals surface area (Å²) in [5.41, 5.74) is 0. The number of hydrogen-bond acceptors (Lipinski definition) is 2. The Bertz CT molecular complexity index is 329. The average Bonchev–Trinajstić information content (AvgIpc) is 2.28. The van der Waals surface area contributed by atoms with Crippen molar-refractivity contribution in [3.63, 3.8) is 0 Å². The van der Waals surface area contributed by atoms with Crippen LogP contribution in [0.5, 0.6) is 0 Å². The number of amides is 1. The van der Waals surface area contributed by atoms with Crippen LogP contribution in [0.4, 0.5) is 13.2 Å². The molecule has 0 radical (unpaired) electrons. The summed E-state index contributed by atoms with van der Waals surface area (Å²) in [6, 6.07) is 0. The molecule has 0 bridgehead atoms. The van der Waals surface area contributed by atoms with Gasteiger partial charge in [-0.2, -0.15) is 13.2 Å². The van der Waals surface area contributed by atoms with Crippen LogP contribution in [-0.2, 0) is 4.79 Å². The molecule has 0 atom stereocenters. The molecule has 18 heavy (non-hydrogen) atoms. The molecule has 0 N–H and O–H groups in total. The standard InChI is InChI=1S/C12H17F3N2O/c1-2-3-4-5-11(18)17-8-6-16(7-9-17)10-12(13,14)15/h2-5H,6-10H2,1H3. The van der Waals surface area contributed by atoms with Gasteiger partial charge in [-0.05, 0) is 6.92 Å². The minimum atomic E-state index is -4.17. The van der Waals surface area contributed by atoms with E-state index in [1.165, 1.54) is 11.0 Å². The number of alkyl halides is 3. The van der Waals surface area contributed by atoms with Crippen LogP contribution in [0.25, 0.3) is 0 Å². The van der Waals surface area contributed by atoms with Crippen LogP contribution in [0.3, 0.4) is 0 Å². The summed E-state index contributed by atoms with van der Waals surface area (Å²) >= 11 is 0. The van der Waals surface area contributed by atoms with Crippen molar-refractivity contribution < 1.29 is 18.0 Å². The highest BCUT2D eigenvalue weighted by atomic mass is 19.4. The van der Waals surface area contributed by atoms with Gasteiger partial charge < -0.3 is 4.90 Å². The average molecular weight is 262 g/mol. The van der Waals surface area contributed by atoms with E-state index in [-0.39, 0.29) is 19.0 Å². The van der Waals surface area contributed by atoms with Crippen LogP contribution in [-0.4, -0.2) is 54.6 Å². The summed E-state index contributed by atoms with van der Waals surface area (Å²) < 4.78 is 36.5. The first kappa shape index (κ1) is 14.8. The van der Waals surface area contributed by atoms with Crippen molar-refractivity contribution in [3.8, 4) is 0 Å². The number of hydrogen-bond donors (Lipinski definition) is 0. The Kier molecular flexibility index (Phi) is 5.40. The third-order valence-corrected chi connectivity index (χ3v) is 2.63. The van der Waals surface area contributed by atoms with Crippen LogP contribution >= 0.6 is 0 Å². The first-order valence-corrected chi connectivity index (χ1v) is 5.80. The summed E-state index contributed by atoms with van der Waals surface area (Å²) in [6.45, 7) is 2.16. The minimum Gasteiger partial charge on any atom is -0.337 e. The molecule has 1 aliphatic rings. The Morgan fingerprint density at radius 1 is 1.17 bits per heavy atom. The van der Waals surface area contributed by atoms with Gasteiger partial charge in [0.1, 0.15) is 0 Å². The Hall–Kier alpha value is -1.30. The lowest BCUT2D eigenvalue weighted by molar-refractivity contribution is -0.150. The summed E-state index contributed by atoms with van der Waals surface area (Å²) in [4.78, 5) is 14.5. The maximum Gasteiger partial charge on any atom is 0.401 e. The maximum absolute atomic E-state index is 12.2. The second-order valence-electron chi connectivity index (χ2n) is 4.10. The van der Waals surface area contributed by atoms with Gasteiger partial charge in [0.15, 0.2) is 0 Å². The molecule has 0 spiro atoms. The van der Waals surface area contributed by atoms with Crippen molar-refractivity contribution >= 4 is 5.91 Å². The fourth-order valence-corrected chi connectivity index (χ4v) is 1.73. The van der Waals surface area contributed by atoms with Crippen LogP contribution in [0.2, 0.25) is 0 Å². The maximum atomic E-state index is 12.2. The third kappa shape index (κ3) is 5.35. The molecule has 1 rings (SSSR count). The van der Waals surface area contributed by atoms with Crippen molar-refractivity contribution in [2.45, 2.75) is 13.1 Å². The predicted molar refractivity (Wildman–Crippen MR) is 63.0 cm³/mol. The van der Waals surface area contributed by atoms with Gasteiger partial charge in [-0.1, -0.05) is 18.2 Å². The SMILES string of the molecule is CC=CC=CC(=O)N1CCN(CC(F)(F)F)CC1. The fourth-order valence-electron chi connectivity index (χ4n) is 1.73. The molecule has 1 fully saturated rings. The Balaban J connectivity index is 2.37. The minimum absolute atomic E-state index is 0.153. The molecule has 0 unspecified atom stereocenters. The summed E-state index contributed by atoms with van der Waals surface area (Å²) in [6.07, 6.45) is 2.42. The summed E-state index contributed by atoms with van der Waals surface area (Å²) in [5.74, 6) is -0.153. The normalized spacial score (nSPS) is 19.0. The van der Waals surface area contributed by atoms with E-state index in [1.54, 1.807) is 23.1 Å². The molecular weight excluding hydrogens is 245 g/mol. The molecule has 102 valence electrons. The van der Waals surface area contributed by atoms with Gasteiger partial charge in [-0.3, -0.25) is 9.69 Å². The zero-order chi connectivity index (χ0) is 13.6. The quantitative estimate of drug-likeness (QED) is 0.572. The number of rotatable bonds is 3. The molecule has 0 aromatic carbocycles. The highest BCUT2D eigenvalue weighted by Crippen LogP contribution is 2.17.